The first kappa shape index (κ1) is 14.7. The average Bonchev–Trinajstić information content (AvgIpc) is 2.84. The van der Waals surface area contributed by atoms with Crippen LogP contribution in [0.4, 0.5) is 4.79 Å². The molecule has 5 nitrogen and oxygen atoms in total. The molecule has 1 amide bonds. The number of halogens is 1. The van der Waals surface area contributed by atoms with Crippen LogP contribution in [-0.2, 0) is 4.74 Å². The fourth-order valence-electron chi connectivity index (χ4n) is 3.08. The second-order valence-corrected chi connectivity index (χ2v) is 6.47. The molecule has 0 aliphatic carbocycles. The Morgan fingerprint density at radius 2 is 2.43 bits per heavy atom. The van der Waals surface area contributed by atoms with E-state index in [2.05, 4.69) is 15.9 Å². The molecule has 1 fully saturated rings. The van der Waals surface area contributed by atoms with Crippen LogP contribution in [0, 0.1) is 0 Å². The molecular weight excluding hydrogens is 338 g/mol. The van der Waals surface area contributed by atoms with Crippen LogP contribution in [0.2, 0.25) is 0 Å². The highest BCUT2D eigenvalue weighted by molar-refractivity contribution is 9.10. The van der Waals surface area contributed by atoms with E-state index in [1.165, 1.54) is 0 Å². The van der Waals surface area contributed by atoms with Gasteiger partial charge in [-0.1, -0.05) is 15.9 Å². The number of benzene rings is 1. The van der Waals surface area contributed by atoms with Crippen LogP contribution in [0.15, 0.2) is 22.7 Å². The lowest BCUT2D eigenvalue weighted by molar-refractivity contribution is -0.00746. The van der Waals surface area contributed by atoms with Gasteiger partial charge in [0.15, 0.2) is 0 Å². The highest BCUT2D eigenvalue weighted by Crippen LogP contribution is 2.44. The molecule has 21 heavy (non-hydrogen) atoms. The summed E-state index contributed by atoms with van der Waals surface area (Å²) in [5.74, 6) is 0.697. The van der Waals surface area contributed by atoms with Crippen molar-refractivity contribution in [3.63, 3.8) is 0 Å². The van der Waals surface area contributed by atoms with Gasteiger partial charge < -0.3 is 19.5 Å². The molecule has 2 aliphatic heterocycles. The van der Waals surface area contributed by atoms with E-state index < -0.39 is 11.7 Å². The van der Waals surface area contributed by atoms with E-state index in [1.54, 1.807) is 11.8 Å². The van der Waals surface area contributed by atoms with Crippen molar-refractivity contribution >= 4 is 22.0 Å². The first-order valence-electron chi connectivity index (χ1n) is 7.11. The zero-order chi connectivity index (χ0) is 15.0. The van der Waals surface area contributed by atoms with Crippen LogP contribution in [0.1, 0.15) is 31.4 Å². The van der Waals surface area contributed by atoms with Crippen molar-refractivity contribution in [2.45, 2.75) is 31.5 Å². The van der Waals surface area contributed by atoms with Crippen molar-refractivity contribution in [2.75, 3.05) is 19.7 Å². The van der Waals surface area contributed by atoms with Gasteiger partial charge in [-0.05, 0) is 25.1 Å². The molecule has 0 saturated carbocycles. The normalized spacial score (nSPS) is 27.4. The highest BCUT2D eigenvalue weighted by atomic mass is 79.9. The molecule has 1 unspecified atom stereocenters. The van der Waals surface area contributed by atoms with Crippen LogP contribution in [0.5, 0.6) is 5.75 Å². The zero-order valence-corrected chi connectivity index (χ0v) is 13.4. The summed E-state index contributed by atoms with van der Waals surface area (Å²) in [6, 6.07) is 5.63. The predicted octanol–water partition coefficient (Wildman–Crippen LogP) is 2.87. The van der Waals surface area contributed by atoms with Gasteiger partial charge in [-0.3, -0.25) is 0 Å². The molecule has 1 spiro atoms. The number of ether oxygens (including phenoxy) is 2. The fourth-order valence-corrected chi connectivity index (χ4v) is 3.45. The van der Waals surface area contributed by atoms with Crippen LogP contribution in [0.3, 0.4) is 0 Å². The molecule has 2 atom stereocenters. The van der Waals surface area contributed by atoms with Gasteiger partial charge in [0.2, 0.25) is 0 Å². The van der Waals surface area contributed by atoms with Crippen LogP contribution >= 0.6 is 15.9 Å². The number of nitrogens with zero attached hydrogens (tertiary/aromatic N) is 1. The Balaban J connectivity index is 1.80. The van der Waals surface area contributed by atoms with E-state index in [9.17, 15) is 9.90 Å². The summed E-state index contributed by atoms with van der Waals surface area (Å²) in [6.07, 6.45) is 0.313. The summed E-state index contributed by atoms with van der Waals surface area (Å²) in [4.78, 5) is 13.5. The topological polar surface area (TPSA) is 59.0 Å². The van der Waals surface area contributed by atoms with Crippen molar-refractivity contribution in [3.05, 3.63) is 28.2 Å². The van der Waals surface area contributed by atoms with Gasteiger partial charge in [0, 0.05) is 29.4 Å². The number of carbonyl (C=O) groups is 1. The second kappa shape index (κ2) is 5.50. The fraction of sp³-hybridized carbons (Fsp3) is 0.533. The number of hydrogen-bond acceptors (Lipinski definition) is 4. The number of likely N-dealkylation sites (tertiary alicyclic amines) is 1. The molecule has 1 N–H and O–H groups in total. The molecule has 2 heterocycles. The Labute approximate surface area is 132 Å². The molecule has 114 valence electrons. The molecule has 2 aliphatic rings. The lowest BCUT2D eigenvalue weighted by atomic mass is 9.88. The summed E-state index contributed by atoms with van der Waals surface area (Å²) in [5.41, 5.74) is 0.289. The van der Waals surface area contributed by atoms with Crippen molar-refractivity contribution in [2.24, 2.45) is 0 Å². The Morgan fingerprint density at radius 1 is 1.62 bits per heavy atom. The number of aliphatic hydroxyl groups is 1. The quantitative estimate of drug-likeness (QED) is 0.841. The molecule has 1 aromatic rings. The van der Waals surface area contributed by atoms with E-state index in [0.29, 0.717) is 38.3 Å². The van der Waals surface area contributed by atoms with E-state index in [4.69, 9.17) is 9.47 Å². The molecule has 6 heteroatoms. The summed E-state index contributed by atoms with van der Waals surface area (Å²) in [5, 5.41) is 10.4. The number of carbonyl (C=O) groups excluding carboxylic acids is 1. The highest BCUT2D eigenvalue weighted by Gasteiger charge is 2.47. The van der Waals surface area contributed by atoms with Gasteiger partial charge >= 0.3 is 6.09 Å². The predicted molar refractivity (Wildman–Crippen MR) is 80.3 cm³/mol. The molecule has 1 saturated heterocycles. The smallest absolute Gasteiger partial charge is 0.409 e. The maximum atomic E-state index is 11.8. The van der Waals surface area contributed by atoms with E-state index in [1.807, 2.05) is 18.2 Å². The third kappa shape index (κ3) is 2.74. The first-order valence-corrected chi connectivity index (χ1v) is 7.90. The van der Waals surface area contributed by atoms with Crippen LogP contribution < -0.4 is 4.74 Å². The number of fused-ring (bicyclic) bond motifs is 1. The summed E-state index contributed by atoms with van der Waals surface area (Å²) in [6.45, 7) is 3.21. The number of amides is 1. The Kier molecular flexibility index (Phi) is 3.84. The minimum atomic E-state index is -0.576. The molecular formula is C15H18BrNO4. The van der Waals surface area contributed by atoms with E-state index in [-0.39, 0.29) is 6.09 Å². The van der Waals surface area contributed by atoms with E-state index >= 15 is 0 Å². The van der Waals surface area contributed by atoms with E-state index in [0.717, 1.165) is 10.0 Å². The summed E-state index contributed by atoms with van der Waals surface area (Å²) >= 11 is 3.40. The van der Waals surface area contributed by atoms with Gasteiger partial charge in [0.05, 0.1) is 19.3 Å². The first-order chi connectivity index (χ1) is 10.0. The van der Waals surface area contributed by atoms with Gasteiger partial charge in [-0.2, -0.15) is 0 Å². The monoisotopic (exact) mass is 355 g/mol. The van der Waals surface area contributed by atoms with Crippen LogP contribution in [-0.4, -0.2) is 41.4 Å². The van der Waals surface area contributed by atoms with Crippen molar-refractivity contribution in [1.29, 1.82) is 0 Å². The van der Waals surface area contributed by atoms with Gasteiger partial charge in [-0.25, -0.2) is 4.79 Å². The molecule has 3 rings (SSSR count). The average molecular weight is 356 g/mol. The van der Waals surface area contributed by atoms with Gasteiger partial charge in [0.1, 0.15) is 11.4 Å². The third-order valence-electron chi connectivity index (χ3n) is 4.07. The van der Waals surface area contributed by atoms with Crippen LogP contribution in [0.25, 0.3) is 0 Å². The Hall–Kier alpha value is -1.27. The number of rotatable bonds is 1. The summed E-state index contributed by atoms with van der Waals surface area (Å²) < 4.78 is 12.1. The van der Waals surface area contributed by atoms with Gasteiger partial charge in [0.25, 0.3) is 0 Å². The Bertz CT molecular complexity index is 565. The SMILES string of the molecule is CCOC(=O)N1CCC2(C[C@@H](O)c3cc(Br)ccc3O2)C1. The second-order valence-electron chi connectivity index (χ2n) is 5.56. The van der Waals surface area contributed by atoms with Crippen molar-refractivity contribution < 1.29 is 19.4 Å². The summed E-state index contributed by atoms with van der Waals surface area (Å²) in [7, 11) is 0. The minimum absolute atomic E-state index is 0.311. The largest absolute Gasteiger partial charge is 0.485 e. The molecule has 0 bridgehead atoms. The maximum absolute atomic E-state index is 11.8. The standard InChI is InChI=1S/C15H18BrNO4/c1-2-20-14(19)17-6-5-15(9-17)8-12(18)11-7-10(16)3-4-13(11)21-15/h3-4,7,12,18H,2,5-6,8-9H2,1H3/t12-,15?/m1/s1. The Morgan fingerprint density at radius 3 is 3.19 bits per heavy atom. The maximum Gasteiger partial charge on any atom is 0.409 e. The number of hydrogen-bond donors (Lipinski definition) is 1. The molecule has 1 aromatic carbocycles. The minimum Gasteiger partial charge on any atom is -0.485 e. The number of aliphatic hydroxyl groups excluding tert-OH is 1. The lowest BCUT2D eigenvalue weighted by Gasteiger charge is -2.38. The molecule has 0 radical (unpaired) electrons. The van der Waals surface area contributed by atoms with Gasteiger partial charge in [-0.15, -0.1) is 0 Å². The molecule has 0 aromatic heterocycles. The third-order valence-corrected chi connectivity index (χ3v) is 4.56. The van der Waals surface area contributed by atoms with Crippen molar-refractivity contribution in [1.82, 2.24) is 4.90 Å². The lowest BCUT2D eigenvalue weighted by Crippen LogP contribution is -2.44. The van der Waals surface area contributed by atoms with Crippen molar-refractivity contribution in [3.8, 4) is 5.75 Å². The zero-order valence-electron chi connectivity index (χ0n) is 11.8.